The van der Waals surface area contributed by atoms with Gasteiger partial charge in [-0.05, 0) is 116 Å². The van der Waals surface area contributed by atoms with Gasteiger partial charge in [0.25, 0.3) is 0 Å². The van der Waals surface area contributed by atoms with Crippen LogP contribution in [-0.2, 0) is 0 Å². The van der Waals surface area contributed by atoms with Crippen LogP contribution in [0.1, 0.15) is 0 Å². The number of nitrogens with zero attached hydrogens (tertiary/aromatic N) is 2. The minimum Gasteiger partial charge on any atom is -0.454 e. The van der Waals surface area contributed by atoms with Crippen molar-refractivity contribution >= 4 is 125 Å². The Morgan fingerprint density at radius 1 is 0.359 bits per heavy atom. The van der Waals surface area contributed by atoms with Gasteiger partial charge in [-0.3, -0.25) is 0 Å². The largest absolute Gasteiger partial charge is 0.454 e. The SMILES string of the molecule is c1ccc(-n2c3ccccc3c3cc(-c4ccc(N(c5cccc6c5oc5ccccc56)c5cccc6c5sc5cc7c8ccccc8c8ccccc8c7cc56)cc4)ccc32)cc1. The van der Waals surface area contributed by atoms with E-state index in [1.165, 1.54) is 79.9 Å². The quantitative estimate of drug-likeness (QED) is 0.161. The Labute approximate surface area is 371 Å². The van der Waals surface area contributed by atoms with Crippen LogP contribution in [0.4, 0.5) is 17.1 Å². The van der Waals surface area contributed by atoms with Gasteiger partial charge in [-0.25, -0.2) is 0 Å². The zero-order valence-corrected chi connectivity index (χ0v) is 35.3. The van der Waals surface area contributed by atoms with Gasteiger partial charge in [0.2, 0.25) is 0 Å². The number of thiophene rings is 1. The first-order valence-corrected chi connectivity index (χ1v) is 22.6. The van der Waals surface area contributed by atoms with Gasteiger partial charge in [-0.2, -0.15) is 0 Å². The maximum atomic E-state index is 6.78. The van der Waals surface area contributed by atoms with Crippen molar-refractivity contribution in [2.75, 3.05) is 4.90 Å². The van der Waals surface area contributed by atoms with Crippen molar-refractivity contribution in [3.63, 3.8) is 0 Å². The maximum absolute atomic E-state index is 6.78. The lowest BCUT2D eigenvalue weighted by Crippen LogP contribution is -2.10. The van der Waals surface area contributed by atoms with E-state index in [1.807, 2.05) is 17.4 Å². The normalized spacial score (nSPS) is 12.1. The number of fused-ring (bicyclic) bond motifs is 15. The molecule has 3 heterocycles. The first kappa shape index (κ1) is 35.4. The number of benzene rings is 11. The molecule has 64 heavy (non-hydrogen) atoms. The highest BCUT2D eigenvalue weighted by molar-refractivity contribution is 7.26. The standard InChI is InChI=1S/C60H36N2OS/c1-2-14-39(15-3-1)61-53-24-10-8-20-45(53)51-34-38(30-33-54(51)61)37-28-31-40(32-29-37)62(55-25-12-22-47-46-21-9-11-27-57(46)63-59(47)55)56-26-13-23-48-52-35-49-43-18-6-4-16-41(43)42-17-5-7-19-44(42)50(49)36-58(52)64-60(48)56/h1-36H. The summed E-state index contributed by atoms with van der Waals surface area (Å²) < 4.78 is 11.7. The molecule has 0 aliphatic rings. The number of furan rings is 1. The van der Waals surface area contributed by atoms with Crippen LogP contribution in [0.25, 0.3) is 113 Å². The first-order valence-electron chi connectivity index (χ1n) is 21.8. The highest BCUT2D eigenvalue weighted by Crippen LogP contribution is 2.49. The third kappa shape index (κ3) is 5.15. The lowest BCUT2D eigenvalue weighted by Gasteiger charge is -2.26. The summed E-state index contributed by atoms with van der Waals surface area (Å²) in [6.07, 6.45) is 0. The molecule has 0 saturated heterocycles. The smallest absolute Gasteiger partial charge is 0.159 e. The number of para-hydroxylation sites is 4. The molecule has 0 spiro atoms. The molecule has 0 aliphatic heterocycles. The molecule has 4 heteroatoms. The summed E-state index contributed by atoms with van der Waals surface area (Å²) in [5.74, 6) is 0. The predicted octanol–water partition coefficient (Wildman–Crippen LogP) is 17.6. The van der Waals surface area contributed by atoms with E-state index < -0.39 is 0 Å². The molecule has 11 aromatic carbocycles. The van der Waals surface area contributed by atoms with E-state index in [0.29, 0.717) is 0 Å². The second-order valence-corrected chi connectivity index (χ2v) is 17.8. The van der Waals surface area contributed by atoms with Crippen LogP contribution in [0.5, 0.6) is 0 Å². The average Bonchev–Trinajstić information content (AvgIpc) is 4.04. The molecule has 0 amide bonds. The summed E-state index contributed by atoms with van der Waals surface area (Å²) in [6.45, 7) is 0. The maximum Gasteiger partial charge on any atom is 0.159 e. The monoisotopic (exact) mass is 832 g/mol. The molecular weight excluding hydrogens is 797 g/mol. The third-order valence-corrected chi connectivity index (χ3v) is 14.5. The molecule has 298 valence electrons. The van der Waals surface area contributed by atoms with E-state index in [0.717, 1.165) is 50.3 Å². The molecule has 0 fully saturated rings. The van der Waals surface area contributed by atoms with E-state index in [4.69, 9.17) is 4.42 Å². The summed E-state index contributed by atoms with van der Waals surface area (Å²) in [7, 11) is 0. The molecule has 0 aliphatic carbocycles. The zero-order valence-electron chi connectivity index (χ0n) is 34.5. The molecule has 0 unspecified atom stereocenters. The highest BCUT2D eigenvalue weighted by Gasteiger charge is 2.23. The first-order chi connectivity index (χ1) is 31.7. The number of hydrogen-bond donors (Lipinski definition) is 0. The Bertz CT molecular complexity index is 4190. The fourth-order valence-corrected chi connectivity index (χ4v) is 11.7. The fourth-order valence-electron chi connectivity index (χ4n) is 10.5. The van der Waals surface area contributed by atoms with Crippen LogP contribution in [0.2, 0.25) is 0 Å². The van der Waals surface area contributed by atoms with Crippen LogP contribution in [0.3, 0.4) is 0 Å². The van der Waals surface area contributed by atoms with E-state index in [2.05, 4.69) is 222 Å². The van der Waals surface area contributed by atoms with Crippen LogP contribution in [-0.4, -0.2) is 4.57 Å². The van der Waals surface area contributed by atoms with E-state index >= 15 is 0 Å². The van der Waals surface area contributed by atoms with Crippen molar-refractivity contribution in [2.24, 2.45) is 0 Å². The Balaban J connectivity index is 0.972. The Kier molecular flexibility index (Phi) is 7.56. The predicted molar refractivity (Wildman–Crippen MR) is 274 cm³/mol. The lowest BCUT2D eigenvalue weighted by atomic mass is 9.93. The van der Waals surface area contributed by atoms with Crippen molar-refractivity contribution in [1.29, 1.82) is 0 Å². The van der Waals surface area contributed by atoms with Gasteiger partial charge in [-0.15, -0.1) is 11.3 Å². The summed E-state index contributed by atoms with van der Waals surface area (Å²) >= 11 is 1.87. The Morgan fingerprint density at radius 2 is 0.938 bits per heavy atom. The van der Waals surface area contributed by atoms with Crippen molar-refractivity contribution in [3.8, 4) is 16.8 Å². The number of aromatic nitrogens is 1. The van der Waals surface area contributed by atoms with E-state index in [9.17, 15) is 0 Å². The van der Waals surface area contributed by atoms with Crippen molar-refractivity contribution in [1.82, 2.24) is 4.57 Å². The van der Waals surface area contributed by atoms with Gasteiger partial charge < -0.3 is 13.9 Å². The van der Waals surface area contributed by atoms with Gasteiger partial charge in [-0.1, -0.05) is 146 Å². The van der Waals surface area contributed by atoms with Crippen LogP contribution in [0, 0.1) is 0 Å². The summed E-state index contributed by atoms with van der Waals surface area (Å²) in [6, 6.07) is 79.6. The summed E-state index contributed by atoms with van der Waals surface area (Å²) in [4.78, 5) is 2.41. The lowest BCUT2D eigenvalue weighted by molar-refractivity contribution is 0.669. The van der Waals surface area contributed by atoms with Crippen LogP contribution >= 0.6 is 11.3 Å². The Morgan fingerprint density at radius 3 is 1.70 bits per heavy atom. The molecule has 0 radical (unpaired) electrons. The average molecular weight is 833 g/mol. The van der Waals surface area contributed by atoms with Gasteiger partial charge in [0.15, 0.2) is 5.58 Å². The van der Waals surface area contributed by atoms with Crippen molar-refractivity contribution in [3.05, 3.63) is 218 Å². The second-order valence-electron chi connectivity index (χ2n) is 16.8. The molecule has 0 atom stereocenters. The second kappa shape index (κ2) is 13.7. The minimum absolute atomic E-state index is 0.870. The molecule has 0 bridgehead atoms. The van der Waals surface area contributed by atoms with E-state index in [-0.39, 0.29) is 0 Å². The molecule has 0 N–H and O–H groups in total. The number of hydrogen-bond acceptors (Lipinski definition) is 3. The summed E-state index contributed by atoms with van der Waals surface area (Å²) in [5.41, 5.74) is 10.8. The molecule has 14 rings (SSSR count). The highest BCUT2D eigenvalue weighted by atomic mass is 32.1. The molecule has 3 aromatic heterocycles. The summed E-state index contributed by atoms with van der Waals surface area (Å²) in [5, 5.41) is 15.0. The Hall–Kier alpha value is -8.18. The zero-order chi connectivity index (χ0) is 41.9. The van der Waals surface area contributed by atoms with Gasteiger partial charge in [0.05, 0.1) is 27.1 Å². The fraction of sp³-hybridized carbons (Fsp3) is 0. The van der Waals surface area contributed by atoms with Crippen LogP contribution < -0.4 is 4.90 Å². The number of anilines is 3. The third-order valence-electron chi connectivity index (χ3n) is 13.4. The molecular formula is C60H36N2OS. The van der Waals surface area contributed by atoms with Gasteiger partial charge in [0, 0.05) is 48.4 Å². The van der Waals surface area contributed by atoms with E-state index in [1.54, 1.807) is 0 Å². The number of rotatable bonds is 5. The van der Waals surface area contributed by atoms with Gasteiger partial charge >= 0.3 is 0 Å². The topological polar surface area (TPSA) is 21.3 Å². The van der Waals surface area contributed by atoms with Crippen molar-refractivity contribution < 1.29 is 4.42 Å². The minimum atomic E-state index is 0.870. The molecule has 0 saturated carbocycles. The molecule has 14 aromatic rings. The van der Waals surface area contributed by atoms with Gasteiger partial charge in [0.1, 0.15) is 5.58 Å². The van der Waals surface area contributed by atoms with Crippen molar-refractivity contribution in [2.45, 2.75) is 0 Å². The van der Waals surface area contributed by atoms with Crippen LogP contribution in [0.15, 0.2) is 223 Å². The molecule has 3 nitrogen and oxygen atoms in total.